The van der Waals surface area contributed by atoms with Gasteiger partial charge in [0.05, 0.1) is 12.7 Å². The van der Waals surface area contributed by atoms with Crippen molar-refractivity contribution in [3.63, 3.8) is 0 Å². The predicted molar refractivity (Wildman–Crippen MR) is 79.3 cm³/mol. The quantitative estimate of drug-likeness (QED) is 0.767. The minimum absolute atomic E-state index is 0.0244. The lowest BCUT2D eigenvalue weighted by Gasteiger charge is -2.14. The van der Waals surface area contributed by atoms with Crippen molar-refractivity contribution in [3.8, 4) is 11.5 Å². The van der Waals surface area contributed by atoms with Crippen LogP contribution in [0.15, 0.2) is 48.5 Å². The van der Waals surface area contributed by atoms with E-state index in [-0.39, 0.29) is 22.7 Å². The molecule has 0 aliphatic rings. The van der Waals surface area contributed by atoms with Gasteiger partial charge in [-0.25, -0.2) is 0 Å². The summed E-state index contributed by atoms with van der Waals surface area (Å²) >= 11 is 0. The Morgan fingerprint density at radius 3 is 2.36 bits per heavy atom. The van der Waals surface area contributed by atoms with Gasteiger partial charge in [0.25, 0.3) is 0 Å². The van der Waals surface area contributed by atoms with E-state index in [0.29, 0.717) is 5.75 Å². The first-order valence-corrected chi connectivity index (χ1v) is 6.62. The average Bonchev–Trinajstić information content (AvgIpc) is 2.54. The molecule has 1 unspecified atom stereocenters. The lowest BCUT2D eigenvalue weighted by Crippen LogP contribution is -2.23. The Morgan fingerprint density at radius 2 is 1.77 bits per heavy atom. The molecule has 0 spiro atoms. The van der Waals surface area contributed by atoms with Crippen LogP contribution in [0.3, 0.4) is 0 Å². The van der Waals surface area contributed by atoms with E-state index in [0.717, 1.165) is 0 Å². The highest BCUT2D eigenvalue weighted by atomic mass is 19.1. The number of alkyl halides is 1. The fourth-order valence-corrected chi connectivity index (χ4v) is 1.92. The van der Waals surface area contributed by atoms with Crippen molar-refractivity contribution in [1.29, 1.82) is 0 Å². The van der Waals surface area contributed by atoms with Crippen molar-refractivity contribution in [2.75, 3.05) is 7.11 Å². The monoisotopic (exact) mass is 302 g/mol. The second kappa shape index (κ2) is 6.85. The first-order chi connectivity index (χ1) is 10.5. The van der Waals surface area contributed by atoms with Gasteiger partial charge in [0, 0.05) is 11.6 Å². The van der Waals surface area contributed by atoms with Crippen molar-refractivity contribution in [3.05, 3.63) is 59.7 Å². The number of hydrogen-bond donors (Lipinski definition) is 0. The van der Waals surface area contributed by atoms with Crippen LogP contribution in [-0.4, -0.2) is 25.0 Å². The third-order valence-electron chi connectivity index (χ3n) is 3.06. The molecule has 0 heterocycles. The summed E-state index contributed by atoms with van der Waals surface area (Å²) in [6.45, 7) is 1.33. The third-order valence-corrected chi connectivity index (χ3v) is 3.06. The van der Waals surface area contributed by atoms with E-state index in [1.54, 1.807) is 24.3 Å². The molecule has 22 heavy (non-hydrogen) atoms. The number of methoxy groups -OCH3 is 1. The Morgan fingerprint density at radius 1 is 1.09 bits per heavy atom. The number of hydrogen-bond acceptors (Lipinski definition) is 4. The Balaban J connectivity index is 2.25. The van der Waals surface area contributed by atoms with E-state index in [4.69, 9.17) is 9.47 Å². The van der Waals surface area contributed by atoms with E-state index in [1.807, 2.05) is 0 Å². The van der Waals surface area contributed by atoms with Gasteiger partial charge in [0.15, 0.2) is 5.78 Å². The van der Waals surface area contributed by atoms with E-state index < -0.39 is 12.1 Å². The number of ketones is 2. The van der Waals surface area contributed by atoms with Crippen LogP contribution in [0.25, 0.3) is 0 Å². The van der Waals surface area contributed by atoms with Gasteiger partial charge in [-0.15, -0.1) is 0 Å². The van der Waals surface area contributed by atoms with Gasteiger partial charge in [-0.2, -0.15) is 4.39 Å². The fourth-order valence-electron chi connectivity index (χ4n) is 1.92. The molecule has 0 aliphatic heterocycles. The second-order valence-corrected chi connectivity index (χ2v) is 4.58. The summed E-state index contributed by atoms with van der Waals surface area (Å²) in [4.78, 5) is 23.5. The molecule has 0 fully saturated rings. The zero-order valence-electron chi connectivity index (χ0n) is 12.2. The van der Waals surface area contributed by atoms with Crippen molar-refractivity contribution < 1.29 is 23.5 Å². The summed E-state index contributed by atoms with van der Waals surface area (Å²) in [5.41, 5.74) is 0.381. The molecule has 5 heteroatoms. The topological polar surface area (TPSA) is 52.6 Å². The summed E-state index contributed by atoms with van der Waals surface area (Å²) in [6, 6.07) is 12.4. The highest BCUT2D eigenvalue weighted by Crippen LogP contribution is 2.27. The molecule has 2 aromatic carbocycles. The molecule has 0 saturated carbocycles. The van der Waals surface area contributed by atoms with Crippen LogP contribution in [0.2, 0.25) is 0 Å². The Kier molecular flexibility index (Phi) is 4.88. The Bertz CT molecular complexity index is 682. The van der Waals surface area contributed by atoms with Gasteiger partial charge in [-0.1, -0.05) is 30.3 Å². The number of carbonyl (C=O) groups excluding carboxylic acids is 2. The van der Waals surface area contributed by atoms with E-state index in [1.165, 1.54) is 38.3 Å². The molecule has 2 rings (SSSR count). The minimum Gasteiger partial charge on any atom is -0.497 e. The minimum atomic E-state index is -2.20. The summed E-state index contributed by atoms with van der Waals surface area (Å²) in [7, 11) is 1.44. The SMILES string of the molecule is COc1ccc(C(C)=O)c(OC(F)C(=O)c2ccccc2)c1. The van der Waals surface area contributed by atoms with Crippen LogP contribution < -0.4 is 9.47 Å². The lowest BCUT2D eigenvalue weighted by atomic mass is 10.1. The molecule has 0 aliphatic carbocycles. The Hall–Kier alpha value is -2.69. The van der Waals surface area contributed by atoms with Crippen LogP contribution in [0.4, 0.5) is 4.39 Å². The molecule has 114 valence electrons. The smallest absolute Gasteiger partial charge is 0.301 e. The first kappa shape index (κ1) is 15.7. The van der Waals surface area contributed by atoms with Crippen molar-refractivity contribution in [2.45, 2.75) is 13.3 Å². The molecule has 0 aromatic heterocycles. The average molecular weight is 302 g/mol. The Labute approximate surface area is 127 Å². The second-order valence-electron chi connectivity index (χ2n) is 4.58. The zero-order chi connectivity index (χ0) is 16.1. The van der Waals surface area contributed by atoms with Gasteiger partial charge in [0.1, 0.15) is 11.5 Å². The van der Waals surface area contributed by atoms with Crippen LogP contribution in [-0.2, 0) is 0 Å². The highest BCUT2D eigenvalue weighted by molar-refractivity contribution is 5.99. The summed E-state index contributed by atoms with van der Waals surface area (Å²) in [5.74, 6) is -0.724. The highest BCUT2D eigenvalue weighted by Gasteiger charge is 2.23. The number of Topliss-reactive ketones (excluding diaryl/α,β-unsaturated/α-hetero) is 2. The number of rotatable bonds is 6. The molecular formula is C17H15FO4. The summed E-state index contributed by atoms with van der Waals surface area (Å²) in [6.07, 6.45) is -2.20. The van der Waals surface area contributed by atoms with Crippen LogP contribution in [0, 0.1) is 0 Å². The van der Waals surface area contributed by atoms with E-state index >= 15 is 0 Å². The van der Waals surface area contributed by atoms with Gasteiger partial charge < -0.3 is 9.47 Å². The lowest BCUT2D eigenvalue weighted by molar-refractivity contribution is 0.0445. The molecule has 0 bridgehead atoms. The summed E-state index contributed by atoms with van der Waals surface area (Å²) < 4.78 is 24.2. The maximum atomic E-state index is 14.1. The fraction of sp³-hybridized carbons (Fsp3) is 0.176. The first-order valence-electron chi connectivity index (χ1n) is 6.62. The molecule has 0 radical (unpaired) electrons. The molecular weight excluding hydrogens is 287 g/mol. The number of benzene rings is 2. The maximum absolute atomic E-state index is 14.1. The number of ether oxygens (including phenoxy) is 2. The van der Waals surface area contributed by atoms with E-state index in [9.17, 15) is 14.0 Å². The van der Waals surface area contributed by atoms with Gasteiger partial charge >= 0.3 is 6.36 Å². The molecule has 1 atom stereocenters. The molecule has 2 aromatic rings. The zero-order valence-corrected chi connectivity index (χ0v) is 12.2. The van der Waals surface area contributed by atoms with Crippen molar-refractivity contribution in [2.24, 2.45) is 0 Å². The van der Waals surface area contributed by atoms with Gasteiger partial charge in [-0.05, 0) is 19.1 Å². The molecule has 0 saturated heterocycles. The predicted octanol–water partition coefficient (Wildman–Crippen LogP) is 3.46. The number of carbonyl (C=O) groups is 2. The standard InChI is InChI=1S/C17H15FO4/c1-11(19)14-9-8-13(21-2)10-15(14)22-17(18)16(20)12-6-4-3-5-7-12/h3-10,17H,1-2H3. The van der Waals surface area contributed by atoms with Crippen LogP contribution in [0.5, 0.6) is 11.5 Å². The van der Waals surface area contributed by atoms with Crippen LogP contribution in [0.1, 0.15) is 27.6 Å². The van der Waals surface area contributed by atoms with Gasteiger partial charge in [-0.3, -0.25) is 9.59 Å². The third kappa shape index (κ3) is 3.49. The molecule has 0 amide bonds. The van der Waals surface area contributed by atoms with Crippen LogP contribution >= 0.6 is 0 Å². The van der Waals surface area contributed by atoms with Crippen molar-refractivity contribution >= 4 is 11.6 Å². The maximum Gasteiger partial charge on any atom is 0.301 e. The molecule has 0 N–H and O–H groups in total. The normalized spacial score (nSPS) is 11.6. The molecule has 4 nitrogen and oxygen atoms in total. The largest absolute Gasteiger partial charge is 0.497 e. The summed E-state index contributed by atoms with van der Waals surface area (Å²) in [5, 5.41) is 0. The number of halogens is 1. The van der Waals surface area contributed by atoms with E-state index in [2.05, 4.69) is 0 Å². The van der Waals surface area contributed by atoms with Gasteiger partial charge in [0.2, 0.25) is 5.78 Å². The van der Waals surface area contributed by atoms with Crippen molar-refractivity contribution in [1.82, 2.24) is 0 Å².